The number of hydrogen-bond acceptors (Lipinski definition) is 9. The summed E-state index contributed by atoms with van der Waals surface area (Å²) in [5.74, 6) is 1.13. The number of nitrogens with zero attached hydrogens (tertiary/aromatic N) is 6. The van der Waals surface area contributed by atoms with Gasteiger partial charge in [-0.2, -0.15) is 0 Å². The highest BCUT2D eigenvalue weighted by molar-refractivity contribution is 5.96. The fraction of sp³-hybridized carbons (Fsp3) is 0.308. The number of carbonyl (C=O) groups is 2. The third-order valence-electron chi connectivity index (χ3n) is 7.05. The van der Waals surface area contributed by atoms with Gasteiger partial charge in [-0.15, -0.1) is 11.5 Å². The van der Waals surface area contributed by atoms with Crippen molar-refractivity contribution in [2.24, 2.45) is 0 Å². The van der Waals surface area contributed by atoms with Crippen LogP contribution in [0.3, 0.4) is 0 Å². The lowest BCUT2D eigenvalue weighted by Crippen LogP contribution is -2.52. The Morgan fingerprint density at radius 1 is 1.33 bits per heavy atom. The molecule has 1 amide bonds. The van der Waals surface area contributed by atoms with Crippen LogP contribution in [0.2, 0.25) is 0 Å². The molecular formula is C26H25N9O4. The topological polar surface area (TPSA) is 183 Å². The monoisotopic (exact) mass is 527 g/mol. The second-order valence-corrected chi connectivity index (χ2v) is 9.28. The first-order valence-electron chi connectivity index (χ1n) is 12.3. The van der Waals surface area contributed by atoms with E-state index < -0.39 is 17.4 Å². The number of terminal acetylenes is 1. The van der Waals surface area contributed by atoms with E-state index in [4.69, 9.17) is 6.42 Å². The predicted molar refractivity (Wildman–Crippen MR) is 140 cm³/mol. The normalized spacial score (nSPS) is 15.8. The number of anilines is 1. The Morgan fingerprint density at radius 2 is 2.15 bits per heavy atom. The van der Waals surface area contributed by atoms with Crippen molar-refractivity contribution in [3.8, 4) is 12.3 Å². The van der Waals surface area contributed by atoms with Gasteiger partial charge in [-0.05, 0) is 72.0 Å². The summed E-state index contributed by atoms with van der Waals surface area (Å²) in [6.45, 7) is 3.62. The van der Waals surface area contributed by atoms with Gasteiger partial charge < -0.3 is 20.3 Å². The lowest BCUT2D eigenvalue weighted by molar-refractivity contribution is -0.145. The quantitative estimate of drug-likeness (QED) is 0.244. The van der Waals surface area contributed by atoms with Crippen molar-refractivity contribution < 1.29 is 14.7 Å². The number of carboxylic acids is 1. The summed E-state index contributed by atoms with van der Waals surface area (Å²) >= 11 is 0. The molecule has 3 aromatic heterocycles. The van der Waals surface area contributed by atoms with Gasteiger partial charge in [-0.3, -0.25) is 9.59 Å². The second-order valence-electron chi connectivity index (χ2n) is 9.28. The number of nitrogens with one attached hydrogen (secondary N) is 3. The SMILES string of the molecule is C#CCN(c1ccc(C(=O)N[C@](CC)(C(=O)O)c2nnn[nH]2)nc1)C1CCc2cc3nc(C)[nH]c(=O)c3cc21. The van der Waals surface area contributed by atoms with E-state index in [2.05, 4.69) is 46.8 Å². The molecule has 3 heterocycles. The highest BCUT2D eigenvalue weighted by Gasteiger charge is 2.44. The van der Waals surface area contributed by atoms with Crippen molar-refractivity contribution >= 4 is 28.5 Å². The van der Waals surface area contributed by atoms with Crippen LogP contribution in [-0.2, 0) is 16.8 Å². The molecule has 4 aromatic rings. The number of carboxylic acid groups (broad SMARTS) is 1. The van der Waals surface area contributed by atoms with Crippen LogP contribution < -0.4 is 15.8 Å². The molecule has 0 bridgehead atoms. The third kappa shape index (κ3) is 4.46. The van der Waals surface area contributed by atoms with E-state index in [0.717, 1.165) is 24.0 Å². The number of aromatic nitrogens is 7. The Morgan fingerprint density at radius 3 is 2.79 bits per heavy atom. The second kappa shape index (κ2) is 9.97. The Labute approximate surface area is 222 Å². The molecule has 13 nitrogen and oxygen atoms in total. The van der Waals surface area contributed by atoms with Crippen LogP contribution >= 0.6 is 0 Å². The Balaban J connectivity index is 1.43. The first-order chi connectivity index (χ1) is 18.8. The Kier molecular flexibility index (Phi) is 6.53. The fourth-order valence-corrected chi connectivity index (χ4v) is 5.05. The number of benzene rings is 1. The van der Waals surface area contributed by atoms with Crippen molar-refractivity contribution in [2.45, 2.75) is 44.7 Å². The summed E-state index contributed by atoms with van der Waals surface area (Å²) in [7, 11) is 0. The van der Waals surface area contributed by atoms with E-state index in [0.29, 0.717) is 22.4 Å². The molecule has 1 unspecified atom stereocenters. The molecule has 0 aliphatic heterocycles. The average molecular weight is 528 g/mol. The number of amides is 1. The first-order valence-corrected chi connectivity index (χ1v) is 12.3. The molecule has 0 radical (unpaired) electrons. The molecule has 0 spiro atoms. The third-order valence-corrected chi connectivity index (χ3v) is 7.05. The van der Waals surface area contributed by atoms with E-state index in [-0.39, 0.29) is 36.1 Å². The van der Waals surface area contributed by atoms with Crippen LogP contribution in [0.25, 0.3) is 10.9 Å². The van der Waals surface area contributed by atoms with Gasteiger partial charge in [0.1, 0.15) is 11.5 Å². The summed E-state index contributed by atoms with van der Waals surface area (Å²) in [5.41, 5.74) is 1.39. The highest BCUT2D eigenvalue weighted by atomic mass is 16.4. The van der Waals surface area contributed by atoms with Gasteiger partial charge in [-0.25, -0.2) is 19.9 Å². The molecule has 1 aliphatic carbocycles. The Bertz CT molecular complexity index is 1660. The van der Waals surface area contributed by atoms with E-state index >= 15 is 0 Å². The number of pyridine rings is 1. The van der Waals surface area contributed by atoms with E-state index in [9.17, 15) is 19.5 Å². The zero-order valence-electron chi connectivity index (χ0n) is 21.2. The van der Waals surface area contributed by atoms with Crippen molar-refractivity contribution in [3.63, 3.8) is 0 Å². The van der Waals surface area contributed by atoms with Gasteiger partial charge in [0, 0.05) is 0 Å². The van der Waals surface area contributed by atoms with Crippen molar-refractivity contribution in [1.82, 2.24) is 40.9 Å². The zero-order chi connectivity index (χ0) is 27.7. The van der Waals surface area contributed by atoms with Crippen LogP contribution in [0.15, 0.2) is 35.3 Å². The molecule has 0 fully saturated rings. The molecular weight excluding hydrogens is 502 g/mol. The van der Waals surface area contributed by atoms with Crippen molar-refractivity contribution in [1.29, 1.82) is 0 Å². The minimum atomic E-state index is -1.85. The number of hydrogen-bond donors (Lipinski definition) is 4. The van der Waals surface area contributed by atoms with Crippen LogP contribution in [0.1, 0.15) is 59.1 Å². The maximum absolute atomic E-state index is 13.0. The summed E-state index contributed by atoms with van der Waals surface area (Å²) in [5, 5.41) is 25.9. The number of aryl methyl sites for hydroxylation is 2. The molecule has 4 N–H and O–H groups in total. The minimum Gasteiger partial charge on any atom is -0.479 e. The smallest absolute Gasteiger partial charge is 0.337 e. The highest BCUT2D eigenvalue weighted by Crippen LogP contribution is 2.39. The fourth-order valence-electron chi connectivity index (χ4n) is 5.05. The number of aromatic amines is 2. The summed E-state index contributed by atoms with van der Waals surface area (Å²) in [4.78, 5) is 51.2. The Hall–Kier alpha value is -5.12. The van der Waals surface area contributed by atoms with Gasteiger partial charge >= 0.3 is 5.97 Å². The molecule has 1 aromatic carbocycles. The van der Waals surface area contributed by atoms with Crippen LogP contribution in [0, 0.1) is 19.3 Å². The molecule has 1 aliphatic rings. The van der Waals surface area contributed by atoms with Gasteiger partial charge in [0.25, 0.3) is 11.5 Å². The summed E-state index contributed by atoms with van der Waals surface area (Å²) < 4.78 is 0. The van der Waals surface area contributed by atoms with Crippen molar-refractivity contribution in [2.75, 3.05) is 11.4 Å². The number of carbonyl (C=O) groups excluding carboxylic acids is 1. The molecule has 0 saturated carbocycles. The number of rotatable bonds is 8. The van der Waals surface area contributed by atoms with Gasteiger partial charge in [0.15, 0.2) is 11.4 Å². The van der Waals surface area contributed by atoms with Gasteiger partial charge in [0.2, 0.25) is 0 Å². The van der Waals surface area contributed by atoms with Crippen LogP contribution in [-0.4, -0.2) is 59.1 Å². The standard InChI is InChI=1S/C26H25N9O4/c1-4-10-35(21-9-6-15-11-20-18(12-17(15)21)22(36)29-14(3)28-20)16-7-8-19(27-13-16)23(37)30-26(5-2,25(38)39)24-31-33-34-32-24/h1,7-8,11-13,21H,5-6,9-10H2,2-3H3,(H,30,37)(H,38,39)(H,28,29,36)(H,31,32,33,34)/t21?,26-/m0/s1. The molecule has 0 saturated heterocycles. The van der Waals surface area contributed by atoms with E-state index in [1.54, 1.807) is 19.9 Å². The maximum atomic E-state index is 13.0. The van der Waals surface area contributed by atoms with Gasteiger partial charge in [0.05, 0.1) is 35.4 Å². The molecule has 2 atom stereocenters. The lowest BCUT2D eigenvalue weighted by atomic mass is 9.95. The molecule has 39 heavy (non-hydrogen) atoms. The first kappa shape index (κ1) is 25.5. The predicted octanol–water partition coefficient (Wildman–Crippen LogP) is 1.39. The van der Waals surface area contributed by atoms with Crippen molar-refractivity contribution in [3.05, 3.63) is 69.3 Å². The molecule has 13 heteroatoms. The van der Waals surface area contributed by atoms with E-state index in [1.807, 2.05) is 17.0 Å². The zero-order valence-corrected chi connectivity index (χ0v) is 21.2. The van der Waals surface area contributed by atoms with Gasteiger partial charge in [-0.1, -0.05) is 12.8 Å². The van der Waals surface area contributed by atoms with Crippen LogP contribution in [0.5, 0.6) is 0 Å². The lowest BCUT2D eigenvalue weighted by Gasteiger charge is -2.30. The number of tetrazole rings is 1. The molecule has 198 valence electrons. The number of fused-ring (bicyclic) bond motifs is 2. The minimum absolute atomic E-state index is 0.00727. The molecule has 5 rings (SSSR count). The largest absolute Gasteiger partial charge is 0.479 e. The van der Waals surface area contributed by atoms with E-state index in [1.165, 1.54) is 12.3 Å². The van der Waals surface area contributed by atoms with Crippen LogP contribution in [0.4, 0.5) is 5.69 Å². The summed E-state index contributed by atoms with van der Waals surface area (Å²) in [6, 6.07) is 6.94. The number of aliphatic carboxylic acids is 1. The average Bonchev–Trinajstić information content (AvgIpc) is 3.60. The number of H-pyrrole nitrogens is 2. The maximum Gasteiger partial charge on any atom is 0.337 e. The summed E-state index contributed by atoms with van der Waals surface area (Å²) in [6.07, 6.45) is 8.79.